The molecule has 140 valence electrons. The summed E-state index contributed by atoms with van der Waals surface area (Å²) in [6.45, 7) is 3.09. The van der Waals surface area contributed by atoms with E-state index in [9.17, 15) is 14.4 Å². The van der Waals surface area contributed by atoms with Crippen LogP contribution in [-0.4, -0.2) is 30.3 Å². The van der Waals surface area contributed by atoms with E-state index in [4.69, 9.17) is 4.74 Å². The van der Waals surface area contributed by atoms with Crippen LogP contribution in [0.25, 0.3) is 0 Å². The van der Waals surface area contributed by atoms with Crippen LogP contribution in [0.4, 0.5) is 0 Å². The molecule has 27 heavy (non-hydrogen) atoms. The van der Waals surface area contributed by atoms with Gasteiger partial charge in [0.2, 0.25) is 0 Å². The number of carbonyl (C=O) groups excluding carboxylic acids is 3. The zero-order valence-corrected chi connectivity index (χ0v) is 15.6. The molecule has 1 amide bonds. The molecule has 0 aliphatic heterocycles. The van der Waals surface area contributed by atoms with Gasteiger partial charge in [-0.2, -0.15) is 0 Å². The molecule has 2 aromatic rings. The van der Waals surface area contributed by atoms with Crippen molar-refractivity contribution in [2.75, 3.05) is 6.61 Å². The fourth-order valence-electron chi connectivity index (χ4n) is 3.22. The van der Waals surface area contributed by atoms with Gasteiger partial charge in [0.25, 0.3) is 5.91 Å². The summed E-state index contributed by atoms with van der Waals surface area (Å²) in [5.74, 6) is -1.23. The molecule has 0 heterocycles. The Kier molecular flexibility index (Phi) is 5.69. The predicted molar refractivity (Wildman–Crippen MR) is 102 cm³/mol. The Bertz CT molecular complexity index is 888. The second-order valence-corrected chi connectivity index (χ2v) is 6.93. The van der Waals surface area contributed by atoms with E-state index in [1.54, 1.807) is 24.3 Å². The topological polar surface area (TPSA) is 72.5 Å². The van der Waals surface area contributed by atoms with Gasteiger partial charge in [0.05, 0.1) is 0 Å². The Labute approximate surface area is 158 Å². The third-order valence-corrected chi connectivity index (χ3v) is 4.75. The molecular formula is C22H23NO4. The zero-order valence-electron chi connectivity index (χ0n) is 15.6. The van der Waals surface area contributed by atoms with Crippen molar-refractivity contribution in [2.24, 2.45) is 0 Å². The van der Waals surface area contributed by atoms with E-state index in [1.807, 2.05) is 25.1 Å². The Hall–Kier alpha value is -2.95. The number of benzene rings is 2. The monoisotopic (exact) mass is 365 g/mol. The van der Waals surface area contributed by atoms with Gasteiger partial charge in [-0.1, -0.05) is 29.8 Å². The van der Waals surface area contributed by atoms with Gasteiger partial charge in [0.15, 0.2) is 12.4 Å². The molecule has 0 bridgehead atoms. The molecule has 0 saturated carbocycles. The van der Waals surface area contributed by atoms with Crippen LogP contribution >= 0.6 is 0 Å². The molecule has 0 saturated heterocycles. The fourth-order valence-corrected chi connectivity index (χ4v) is 3.22. The summed E-state index contributed by atoms with van der Waals surface area (Å²) in [5, 5.41) is 2.60. The third-order valence-electron chi connectivity index (χ3n) is 4.75. The average molecular weight is 365 g/mol. The summed E-state index contributed by atoms with van der Waals surface area (Å²) >= 11 is 0. The molecule has 5 heteroatoms. The minimum Gasteiger partial charge on any atom is -0.456 e. The Morgan fingerprint density at radius 3 is 2.59 bits per heavy atom. The lowest BCUT2D eigenvalue weighted by atomic mass is 10.0. The SMILES string of the molecule is Cc1cccc(C(=O)N[C@H](C)C(=O)OCC(=O)c2ccc3c(c2)CCC3)c1. The fraction of sp³-hybridized carbons (Fsp3) is 0.318. The number of amides is 1. The van der Waals surface area contributed by atoms with Crippen molar-refractivity contribution in [3.05, 3.63) is 70.3 Å². The van der Waals surface area contributed by atoms with Crippen LogP contribution in [0.1, 0.15) is 50.8 Å². The van der Waals surface area contributed by atoms with Crippen molar-refractivity contribution in [3.63, 3.8) is 0 Å². The summed E-state index contributed by atoms with van der Waals surface area (Å²) < 4.78 is 5.10. The van der Waals surface area contributed by atoms with Gasteiger partial charge in [0.1, 0.15) is 6.04 Å². The highest BCUT2D eigenvalue weighted by Gasteiger charge is 2.20. The molecule has 1 aliphatic rings. The van der Waals surface area contributed by atoms with Crippen LogP contribution in [0.15, 0.2) is 42.5 Å². The van der Waals surface area contributed by atoms with Crippen molar-refractivity contribution in [3.8, 4) is 0 Å². The number of ketones is 1. The highest BCUT2D eigenvalue weighted by atomic mass is 16.5. The molecule has 5 nitrogen and oxygen atoms in total. The second-order valence-electron chi connectivity index (χ2n) is 6.93. The van der Waals surface area contributed by atoms with E-state index in [0.29, 0.717) is 11.1 Å². The van der Waals surface area contributed by atoms with Crippen LogP contribution in [0.2, 0.25) is 0 Å². The predicted octanol–water partition coefficient (Wildman–Crippen LogP) is 3.03. The molecule has 0 spiro atoms. The number of hydrogen-bond donors (Lipinski definition) is 1. The van der Waals surface area contributed by atoms with Crippen LogP contribution in [0, 0.1) is 6.92 Å². The first-order valence-electron chi connectivity index (χ1n) is 9.13. The zero-order chi connectivity index (χ0) is 19.4. The number of nitrogens with one attached hydrogen (secondary N) is 1. The summed E-state index contributed by atoms with van der Waals surface area (Å²) in [4.78, 5) is 36.6. The van der Waals surface area contributed by atoms with Gasteiger partial charge < -0.3 is 10.1 Å². The molecule has 0 aromatic heterocycles. The van der Waals surface area contributed by atoms with Crippen molar-refractivity contribution in [1.29, 1.82) is 0 Å². The number of rotatable bonds is 6. The lowest BCUT2D eigenvalue weighted by Crippen LogP contribution is -2.40. The number of esters is 1. The summed E-state index contributed by atoms with van der Waals surface area (Å²) in [6, 6.07) is 11.9. The van der Waals surface area contributed by atoms with E-state index in [-0.39, 0.29) is 18.3 Å². The van der Waals surface area contributed by atoms with Crippen molar-refractivity contribution < 1.29 is 19.1 Å². The van der Waals surface area contributed by atoms with Crippen LogP contribution in [0.3, 0.4) is 0 Å². The molecular weight excluding hydrogens is 342 g/mol. The van der Waals surface area contributed by atoms with Crippen LogP contribution in [-0.2, 0) is 22.4 Å². The smallest absolute Gasteiger partial charge is 0.328 e. The molecule has 1 atom stereocenters. The number of Topliss-reactive ketones (excluding diaryl/α,β-unsaturated/α-hetero) is 1. The van der Waals surface area contributed by atoms with Crippen molar-refractivity contribution in [1.82, 2.24) is 5.32 Å². The maximum absolute atomic E-state index is 12.3. The average Bonchev–Trinajstić information content (AvgIpc) is 3.13. The summed E-state index contributed by atoms with van der Waals surface area (Å²) in [6.07, 6.45) is 3.15. The number of aryl methyl sites for hydroxylation is 3. The van der Waals surface area contributed by atoms with Gasteiger partial charge in [0, 0.05) is 11.1 Å². The van der Waals surface area contributed by atoms with Gasteiger partial charge >= 0.3 is 5.97 Å². The summed E-state index contributed by atoms with van der Waals surface area (Å²) in [5.41, 5.74) is 4.48. The first kappa shape index (κ1) is 18.8. The molecule has 0 radical (unpaired) electrons. The van der Waals surface area contributed by atoms with Crippen molar-refractivity contribution >= 4 is 17.7 Å². The molecule has 1 aliphatic carbocycles. The van der Waals surface area contributed by atoms with Gasteiger partial charge in [-0.15, -0.1) is 0 Å². The highest BCUT2D eigenvalue weighted by molar-refractivity contribution is 5.99. The second kappa shape index (κ2) is 8.16. The molecule has 3 rings (SSSR count). The number of hydrogen-bond acceptors (Lipinski definition) is 4. The van der Waals surface area contributed by atoms with E-state index in [0.717, 1.165) is 24.8 Å². The minimum absolute atomic E-state index is 0.240. The van der Waals surface area contributed by atoms with E-state index in [1.165, 1.54) is 18.1 Å². The molecule has 2 aromatic carbocycles. The maximum atomic E-state index is 12.3. The largest absolute Gasteiger partial charge is 0.456 e. The first-order chi connectivity index (χ1) is 12.9. The third kappa shape index (κ3) is 4.61. The van der Waals surface area contributed by atoms with Gasteiger partial charge in [-0.05, 0) is 62.4 Å². The van der Waals surface area contributed by atoms with E-state index < -0.39 is 12.0 Å². The van der Waals surface area contributed by atoms with Gasteiger partial charge in [-0.3, -0.25) is 9.59 Å². The number of fused-ring (bicyclic) bond motifs is 1. The van der Waals surface area contributed by atoms with E-state index in [2.05, 4.69) is 5.32 Å². The van der Waals surface area contributed by atoms with E-state index >= 15 is 0 Å². The first-order valence-corrected chi connectivity index (χ1v) is 9.13. The lowest BCUT2D eigenvalue weighted by molar-refractivity contribution is -0.144. The number of ether oxygens (including phenoxy) is 1. The van der Waals surface area contributed by atoms with Gasteiger partial charge in [-0.25, -0.2) is 4.79 Å². The minimum atomic E-state index is -0.842. The standard InChI is InChI=1S/C22H23NO4/c1-14-5-3-8-19(11-14)21(25)23-15(2)22(26)27-13-20(24)18-10-9-16-6-4-7-17(16)12-18/h3,5,8-12,15H,4,6-7,13H2,1-2H3,(H,23,25)/t15-/m1/s1. The normalized spacial score (nSPS) is 13.6. The van der Waals surface area contributed by atoms with Crippen molar-refractivity contribution in [2.45, 2.75) is 39.2 Å². The lowest BCUT2D eigenvalue weighted by Gasteiger charge is -2.13. The highest BCUT2D eigenvalue weighted by Crippen LogP contribution is 2.23. The Morgan fingerprint density at radius 1 is 1.04 bits per heavy atom. The van der Waals surface area contributed by atoms with Crippen LogP contribution < -0.4 is 5.32 Å². The summed E-state index contributed by atoms with van der Waals surface area (Å²) in [7, 11) is 0. The quantitative estimate of drug-likeness (QED) is 0.631. The molecule has 1 N–H and O–H groups in total. The van der Waals surface area contributed by atoms with Crippen LogP contribution in [0.5, 0.6) is 0 Å². The Balaban J connectivity index is 1.52. The Morgan fingerprint density at radius 2 is 1.81 bits per heavy atom. The maximum Gasteiger partial charge on any atom is 0.328 e. The molecule has 0 fully saturated rings. The number of carbonyl (C=O) groups is 3. The molecule has 0 unspecified atom stereocenters.